The van der Waals surface area contributed by atoms with Crippen LogP contribution in [0.2, 0.25) is 0 Å². The van der Waals surface area contributed by atoms with Crippen molar-refractivity contribution in [2.75, 3.05) is 19.1 Å². The van der Waals surface area contributed by atoms with Crippen molar-refractivity contribution in [1.82, 2.24) is 0 Å². The SMILES string of the molecule is COc1ccc(/C(O)=C2/C(=O)C(=O)N(c3ccc(OCc4ccccc4)cc3)C2c2cccs2)c(OC)c1. The van der Waals surface area contributed by atoms with E-state index in [1.165, 1.54) is 30.5 Å². The summed E-state index contributed by atoms with van der Waals surface area (Å²) in [5.74, 6) is -0.337. The zero-order valence-electron chi connectivity index (χ0n) is 20.8. The summed E-state index contributed by atoms with van der Waals surface area (Å²) >= 11 is 1.40. The summed E-state index contributed by atoms with van der Waals surface area (Å²) in [6.07, 6.45) is 0. The molecule has 3 aromatic carbocycles. The second-order valence-electron chi connectivity index (χ2n) is 8.52. The molecule has 192 valence electrons. The first kappa shape index (κ1) is 25.1. The van der Waals surface area contributed by atoms with Gasteiger partial charge < -0.3 is 19.3 Å². The minimum absolute atomic E-state index is 0.00896. The Morgan fingerprint density at radius 2 is 1.63 bits per heavy atom. The van der Waals surface area contributed by atoms with Crippen molar-refractivity contribution in [2.45, 2.75) is 12.6 Å². The number of anilines is 1. The fourth-order valence-corrected chi connectivity index (χ4v) is 5.22. The Morgan fingerprint density at radius 1 is 0.895 bits per heavy atom. The monoisotopic (exact) mass is 527 g/mol. The molecule has 1 aromatic heterocycles. The van der Waals surface area contributed by atoms with E-state index in [9.17, 15) is 14.7 Å². The third-order valence-corrected chi connectivity index (χ3v) is 7.21. The maximum atomic E-state index is 13.4. The molecule has 1 saturated heterocycles. The van der Waals surface area contributed by atoms with E-state index in [4.69, 9.17) is 14.2 Å². The van der Waals surface area contributed by atoms with Crippen LogP contribution in [0.3, 0.4) is 0 Å². The number of nitrogens with zero attached hydrogens (tertiary/aromatic N) is 1. The van der Waals surface area contributed by atoms with Gasteiger partial charge in [0.25, 0.3) is 11.7 Å². The molecule has 1 unspecified atom stereocenters. The Kier molecular flexibility index (Phi) is 7.15. The van der Waals surface area contributed by atoms with Gasteiger partial charge in [0.2, 0.25) is 0 Å². The fraction of sp³-hybridized carbons (Fsp3) is 0.133. The predicted octanol–water partition coefficient (Wildman–Crippen LogP) is 5.97. The molecule has 0 bridgehead atoms. The molecule has 1 aliphatic rings. The quantitative estimate of drug-likeness (QED) is 0.173. The predicted molar refractivity (Wildman–Crippen MR) is 146 cm³/mol. The zero-order chi connectivity index (χ0) is 26.6. The summed E-state index contributed by atoms with van der Waals surface area (Å²) in [6, 6.07) is 24.5. The highest BCUT2D eigenvalue weighted by Crippen LogP contribution is 2.45. The summed E-state index contributed by atoms with van der Waals surface area (Å²) < 4.78 is 16.6. The van der Waals surface area contributed by atoms with Crippen molar-refractivity contribution < 1.29 is 28.9 Å². The molecule has 1 atom stereocenters. The molecule has 0 aliphatic carbocycles. The normalized spacial score (nSPS) is 16.5. The van der Waals surface area contributed by atoms with Gasteiger partial charge >= 0.3 is 0 Å². The van der Waals surface area contributed by atoms with Crippen molar-refractivity contribution in [3.63, 3.8) is 0 Å². The van der Waals surface area contributed by atoms with E-state index in [1.54, 1.807) is 42.5 Å². The number of hydrogen-bond donors (Lipinski definition) is 1. The van der Waals surface area contributed by atoms with Crippen LogP contribution in [-0.2, 0) is 16.2 Å². The van der Waals surface area contributed by atoms with E-state index in [2.05, 4.69) is 0 Å². The van der Waals surface area contributed by atoms with Crippen LogP contribution >= 0.6 is 11.3 Å². The second-order valence-corrected chi connectivity index (χ2v) is 9.50. The summed E-state index contributed by atoms with van der Waals surface area (Å²) in [5.41, 5.74) is 1.83. The van der Waals surface area contributed by atoms with E-state index in [-0.39, 0.29) is 16.9 Å². The minimum Gasteiger partial charge on any atom is -0.507 e. The van der Waals surface area contributed by atoms with Crippen molar-refractivity contribution in [2.24, 2.45) is 0 Å². The lowest BCUT2D eigenvalue weighted by Gasteiger charge is -2.24. The average Bonchev–Trinajstić information content (AvgIpc) is 3.58. The van der Waals surface area contributed by atoms with Crippen LogP contribution in [0.15, 0.2) is 95.9 Å². The van der Waals surface area contributed by atoms with E-state index in [0.717, 1.165) is 10.4 Å². The molecule has 1 N–H and O–H groups in total. The number of amides is 1. The Labute approximate surface area is 224 Å². The number of aliphatic hydroxyl groups excluding tert-OH is 1. The molecular weight excluding hydrogens is 502 g/mol. The van der Waals surface area contributed by atoms with Crippen molar-refractivity contribution >= 4 is 34.5 Å². The van der Waals surface area contributed by atoms with Crippen LogP contribution in [0.1, 0.15) is 22.0 Å². The smallest absolute Gasteiger partial charge is 0.300 e. The van der Waals surface area contributed by atoms with Crippen LogP contribution in [0.4, 0.5) is 5.69 Å². The third-order valence-electron chi connectivity index (χ3n) is 6.28. The molecule has 8 heteroatoms. The lowest BCUT2D eigenvalue weighted by atomic mass is 9.99. The van der Waals surface area contributed by atoms with E-state index < -0.39 is 17.7 Å². The fourth-order valence-electron chi connectivity index (χ4n) is 4.40. The van der Waals surface area contributed by atoms with Gasteiger partial charge in [0.05, 0.1) is 25.4 Å². The second kappa shape index (κ2) is 10.8. The van der Waals surface area contributed by atoms with Gasteiger partial charge in [0, 0.05) is 16.6 Å². The number of thiophene rings is 1. The number of hydrogen-bond acceptors (Lipinski definition) is 7. The highest BCUT2D eigenvalue weighted by molar-refractivity contribution is 7.10. The van der Waals surface area contributed by atoms with Gasteiger partial charge in [-0.15, -0.1) is 11.3 Å². The van der Waals surface area contributed by atoms with Crippen molar-refractivity contribution in [3.8, 4) is 17.2 Å². The van der Waals surface area contributed by atoms with Gasteiger partial charge in [0.1, 0.15) is 35.7 Å². The van der Waals surface area contributed by atoms with Crippen LogP contribution in [-0.4, -0.2) is 31.0 Å². The Hall–Kier alpha value is -4.56. The number of ketones is 1. The molecule has 0 saturated carbocycles. The number of carbonyl (C=O) groups excluding carboxylic acids is 2. The maximum absolute atomic E-state index is 13.4. The van der Waals surface area contributed by atoms with E-state index in [1.807, 2.05) is 47.8 Å². The molecular formula is C30H25NO6S. The molecule has 4 aromatic rings. The largest absolute Gasteiger partial charge is 0.507 e. The molecule has 1 aliphatic heterocycles. The summed E-state index contributed by atoms with van der Waals surface area (Å²) in [7, 11) is 2.98. The maximum Gasteiger partial charge on any atom is 0.300 e. The molecule has 0 radical (unpaired) electrons. The van der Waals surface area contributed by atoms with Crippen LogP contribution in [0.5, 0.6) is 17.2 Å². The van der Waals surface area contributed by atoms with Gasteiger partial charge in [-0.2, -0.15) is 0 Å². The molecule has 38 heavy (non-hydrogen) atoms. The number of rotatable bonds is 8. The van der Waals surface area contributed by atoms with Crippen LogP contribution < -0.4 is 19.1 Å². The number of carbonyl (C=O) groups is 2. The number of ether oxygens (including phenoxy) is 3. The van der Waals surface area contributed by atoms with Crippen molar-refractivity contribution in [3.05, 3.63) is 112 Å². The number of benzene rings is 3. The van der Waals surface area contributed by atoms with Crippen LogP contribution in [0, 0.1) is 0 Å². The molecule has 5 rings (SSSR count). The molecule has 2 heterocycles. The lowest BCUT2D eigenvalue weighted by molar-refractivity contribution is -0.132. The van der Waals surface area contributed by atoms with Gasteiger partial charge in [-0.3, -0.25) is 14.5 Å². The van der Waals surface area contributed by atoms with Gasteiger partial charge in [-0.25, -0.2) is 0 Å². The number of methoxy groups -OCH3 is 2. The summed E-state index contributed by atoms with van der Waals surface area (Å²) in [5, 5.41) is 13.2. The Balaban J connectivity index is 1.52. The highest BCUT2D eigenvalue weighted by Gasteiger charge is 2.47. The standard InChI is InChI=1S/C30H25NO6S/c1-35-22-14-15-23(24(17-22)36-2)28(32)26-27(25-9-6-16-38-25)31(30(34)29(26)33)20-10-12-21(13-11-20)37-18-19-7-4-3-5-8-19/h3-17,27,32H,18H2,1-2H3/b28-26-. The third kappa shape index (κ3) is 4.73. The Morgan fingerprint density at radius 3 is 2.29 bits per heavy atom. The average molecular weight is 528 g/mol. The van der Waals surface area contributed by atoms with Gasteiger partial charge in [0.15, 0.2) is 0 Å². The number of aliphatic hydroxyl groups is 1. The van der Waals surface area contributed by atoms with Crippen LogP contribution in [0.25, 0.3) is 5.76 Å². The highest BCUT2D eigenvalue weighted by atomic mass is 32.1. The van der Waals surface area contributed by atoms with Crippen molar-refractivity contribution in [1.29, 1.82) is 0 Å². The lowest BCUT2D eigenvalue weighted by Crippen LogP contribution is -2.29. The first-order valence-electron chi connectivity index (χ1n) is 11.9. The Bertz CT molecular complexity index is 1480. The van der Waals surface area contributed by atoms with Gasteiger partial charge in [-0.1, -0.05) is 36.4 Å². The number of Topliss-reactive ketones (excluding diaryl/α,β-unsaturated/α-hetero) is 1. The zero-order valence-corrected chi connectivity index (χ0v) is 21.6. The van der Waals surface area contributed by atoms with E-state index >= 15 is 0 Å². The van der Waals surface area contributed by atoms with Gasteiger partial charge in [-0.05, 0) is 53.4 Å². The molecule has 1 fully saturated rings. The summed E-state index contributed by atoms with van der Waals surface area (Å²) in [4.78, 5) is 28.9. The van der Waals surface area contributed by atoms with E-state index in [0.29, 0.717) is 29.5 Å². The summed E-state index contributed by atoms with van der Waals surface area (Å²) in [6.45, 7) is 0.406. The molecule has 7 nitrogen and oxygen atoms in total. The molecule has 0 spiro atoms. The topological polar surface area (TPSA) is 85.3 Å². The first-order chi connectivity index (χ1) is 18.5. The minimum atomic E-state index is -0.808. The molecule has 1 amide bonds. The first-order valence-corrected chi connectivity index (χ1v) is 12.7.